The molecule has 236 valence electrons. The molecule has 0 bridgehead atoms. The molecule has 0 amide bonds. The van der Waals surface area contributed by atoms with Crippen LogP contribution < -0.4 is 14.5 Å². The number of benzene rings is 4. The molecule has 0 radical (unpaired) electrons. The van der Waals surface area contributed by atoms with Crippen LogP contribution in [0.1, 0.15) is 26.3 Å². The quantitative estimate of drug-likeness (QED) is 0.194. The summed E-state index contributed by atoms with van der Waals surface area (Å²) in [5.74, 6) is 2.47. The number of hydrogen-bond donors (Lipinski definition) is 0. The molecule has 5 heterocycles. The van der Waals surface area contributed by atoms with Gasteiger partial charge in [-0.05, 0) is 77.7 Å². The fraction of sp³-hybridized carbons (Fsp3) is 0.171. The van der Waals surface area contributed by atoms with Crippen molar-refractivity contribution in [3.8, 4) is 17.3 Å². The number of fused-ring (bicyclic) bond motifs is 7. The monoisotopic (exact) mass is 628 g/mol. The fourth-order valence-corrected chi connectivity index (χ4v) is 7.27. The van der Waals surface area contributed by atoms with Crippen LogP contribution in [0, 0.1) is 0 Å². The van der Waals surface area contributed by atoms with Gasteiger partial charge in [0.1, 0.15) is 23.0 Å². The molecule has 48 heavy (non-hydrogen) atoms. The van der Waals surface area contributed by atoms with Gasteiger partial charge in [0.25, 0.3) is 0 Å². The summed E-state index contributed by atoms with van der Waals surface area (Å²) in [7, 11) is 4.24. The van der Waals surface area contributed by atoms with Gasteiger partial charge in [-0.1, -0.05) is 45.0 Å². The van der Waals surface area contributed by atoms with Crippen molar-refractivity contribution in [1.82, 2.24) is 19.1 Å². The molecule has 0 atom stereocenters. The van der Waals surface area contributed by atoms with Crippen molar-refractivity contribution in [3.63, 3.8) is 0 Å². The molecule has 1 aliphatic heterocycles. The standard InChI is InChI=1S/C41H36N6O/c1-41(2,3)26-17-19-42-39(20-26)47-34-14-7-6-12-30(34)31-16-15-29(22-36(31)47)48-28-11-8-10-27(21-28)46-25-44(4)37-24-35-33(23-38(37)46)32-13-9-18-43-40(32)45(35)5/h6-24H,25H2,1-5H3. The zero-order valence-corrected chi connectivity index (χ0v) is 27.8. The summed E-state index contributed by atoms with van der Waals surface area (Å²) in [6, 6.07) is 36.3. The lowest BCUT2D eigenvalue weighted by atomic mass is 9.88. The van der Waals surface area contributed by atoms with Gasteiger partial charge < -0.3 is 19.1 Å². The largest absolute Gasteiger partial charge is 0.457 e. The highest BCUT2D eigenvalue weighted by atomic mass is 16.5. The third-order valence-electron chi connectivity index (χ3n) is 9.76. The van der Waals surface area contributed by atoms with Gasteiger partial charge >= 0.3 is 0 Å². The number of aromatic nitrogens is 4. The number of anilines is 3. The Morgan fingerprint density at radius 3 is 2.31 bits per heavy atom. The van der Waals surface area contributed by atoms with Crippen LogP contribution in [0.25, 0.3) is 49.6 Å². The highest BCUT2D eigenvalue weighted by Gasteiger charge is 2.27. The molecular weight excluding hydrogens is 592 g/mol. The van der Waals surface area contributed by atoms with Gasteiger partial charge in [-0.2, -0.15) is 0 Å². The number of aryl methyl sites for hydroxylation is 1. The minimum atomic E-state index is 0.0124. The zero-order chi connectivity index (χ0) is 32.7. The van der Waals surface area contributed by atoms with Gasteiger partial charge in [0.15, 0.2) is 0 Å². The molecule has 0 fully saturated rings. The maximum absolute atomic E-state index is 6.61. The van der Waals surface area contributed by atoms with Crippen LogP contribution in [0.2, 0.25) is 0 Å². The first-order chi connectivity index (χ1) is 23.2. The molecule has 1 aliphatic rings. The molecule has 4 aromatic heterocycles. The molecule has 9 rings (SSSR count). The van der Waals surface area contributed by atoms with Crippen molar-refractivity contribution in [1.29, 1.82) is 0 Å². The highest BCUT2D eigenvalue weighted by Crippen LogP contribution is 2.45. The lowest BCUT2D eigenvalue weighted by Crippen LogP contribution is -2.23. The van der Waals surface area contributed by atoms with Gasteiger partial charge in [0.05, 0.1) is 34.6 Å². The van der Waals surface area contributed by atoms with Crippen molar-refractivity contribution >= 4 is 60.8 Å². The average molecular weight is 629 g/mol. The molecule has 7 nitrogen and oxygen atoms in total. The van der Waals surface area contributed by atoms with Crippen LogP contribution in [0.4, 0.5) is 17.1 Å². The lowest BCUT2D eigenvalue weighted by Gasteiger charge is -2.20. The van der Waals surface area contributed by atoms with Crippen molar-refractivity contribution in [2.24, 2.45) is 7.05 Å². The zero-order valence-electron chi connectivity index (χ0n) is 27.8. The number of pyridine rings is 2. The van der Waals surface area contributed by atoms with E-state index in [0.717, 1.165) is 51.7 Å². The third kappa shape index (κ3) is 4.34. The first-order valence-corrected chi connectivity index (χ1v) is 16.4. The topological polar surface area (TPSA) is 51.4 Å². The molecule has 0 N–H and O–H groups in total. The Labute approximate surface area is 279 Å². The summed E-state index contributed by atoms with van der Waals surface area (Å²) in [5, 5.41) is 4.73. The van der Waals surface area contributed by atoms with Gasteiger partial charge in [-0.25, -0.2) is 9.97 Å². The van der Waals surface area contributed by atoms with Crippen molar-refractivity contribution in [3.05, 3.63) is 121 Å². The van der Waals surface area contributed by atoms with Crippen LogP contribution in [0.3, 0.4) is 0 Å². The summed E-state index contributed by atoms with van der Waals surface area (Å²) >= 11 is 0. The summed E-state index contributed by atoms with van der Waals surface area (Å²) in [5.41, 5.74) is 9.07. The molecule has 8 aromatic rings. The van der Waals surface area contributed by atoms with Crippen LogP contribution in [0.15, 0.2) is 116 Å². The number of rotatable bonds is 4. The van der Waals surface area contributed by atoms with Crippen molar-refractivity contribution in [2.45, 2.75) is 26.2 Å². The number of nitrogens with zero attached hydrogens (tertiary/aromatic N) is 6. The Morgan fingerprint density at radius 1 is 0.625 bits per heavy atom. The second kappa shape index (κ2) is 10.3. The van der Waals surface area contributed by atoms with Gasteiger partial charge in [-0.3, -0.25) is 4.57 Å². The van der Waals surface area contributed by atoms with E-state index in [-0.39, 0.29) is 5.41 Å². The SMILES string of the molecule is CN1CN(c2cccc(Oc3ccc4c5ccccc5n(-c5cc(C(C)(C)C)ccn5)c4c3)c2)c2cc3c4cccnc4n(C)c3cc21. The average Bonchev–Trinajstić information content (AvgIpc) is 3.70. The van der Waals surface area contributed by atoms with Crippen LogP contribution in [-0.4, -0.2) is 32.8 Å². The first kappa shape index (κ1) is 28.4. The molecule has 0 aliphatic carbocycles. The van der Waals surface area contributed by atoms with E-state index >= 15 is 0 Å². The third-order valence-corrected chi connectivity index (χ3v) is 9.76. The molecular formula is C41H36N6O. The maximum atomic E-state index is 6.61. The molecule has 0 unspecified atom stereocenters. The predicted molar refractivity (Wildman–Crippen MR) is 197 cm³/mol. The molecule has 0 saturated carbocycles. The van der Waals surface area contributed by atoms with Crippen molar-refractivity contribution in [2.75, 3.05) is 23.5 Å². The Hall–Kier alpha value is -5.82. The smallest absolute Gasteiger partial charge is 0.140 e. The Kier molecular flexibility index (Phi) is 6.12. The van der Waals surface area contributed by atoms with E-state index in [4.69, 9.17) is 9.72 Å². The van der Waals surface area contributed by atoms with Gasteiger partial charge in [-0.15, -0.1) is 0 Å². The lowest BCUT2D eigenvalue weighted by molar-refractivity contribution is 0.483. The van der Waals surface area contributed by atoms with Crippen LogP contribution >= 0.6 is 0 Å². The van der Waals surface area contributed by atoms with Crippen molar-refractivity contribution < 1.29 is 4.74 Å². The molecule has 4 aromatic carbocycles. The Bertz CT molecular complexity index is 2550. The molecule has 7 heteroatoms. The van der Waals surface area contributed by atoms with Crippen LogP contribution in [0.5, 0.6) is 11.5 Å². The van der Waals surface area contributed by atoms with E-state index in [9.17, 15) is 0 Å². The Morgan fingerprint density at radius 2 is 1.44 bits per heavy atom. The summed E-state index contributed by atoms with van der Waals surface area (Å²) in [4.78, 5) is 14.1. The second-order valence-electron chi connectivity index (χ2n) is 13.8. The predicted octanol–water partition coefficient (Wildman–Crippen LogP) is 9.85. The normalized spacial score (nSPS) is 13.4. The summed E-state index contributed by atoms with van der Waals surface area (Å²) in [6.45, 7) is 7.45. The van der Waals surface area contributed by atoms with E-state index < -0.39 is 0 Å². The maximum Gasteiger partial charge on any atom is 0.140 e. The molecule has 0 spiro atoms. The fourth-order valence-electron chi connectivity index (χ4n) is 7.27. The van der Waals surface area contributed by atoms with E-state index in [1.54, 1.807) is 0 Å². The van der Waals surface area contributed by atoms with Gasteiger partial charge in [0.2, 0.25) is 0 Å². The van der Waals surface area contributed by atoms with Crippen LogP contribution in [-0.2, 0) is 12.5 Å². The summed E-state index contributed by atoms with van der Waals surface area (Å²) < 4.78 is 11.0. The van der Waals surface area contributed by atoms with E-state index in [1.165, 1.54) is 38.6 Å². The first-order valence-electron chi connectivity index (χ1n) is 16.4. The van der Waals surface area contributed by atoms with E-state index in [1.807, 2.05) is 24.5 Å². The number of hydrogen-bond acceptors (Lipinski definition) is 5. The number of para-hydroxylation sites is 1. The number of ether oxygens (including phenoxy) is 1. The minimum Gasteiger partial charge on any atom is -0.457 e. The summed E-state index contributed by atoms with van der Waals surface area (Å²) in [6.07, 6.45) is 3.77. The second-order valence-corrected chi connectivity index (χ2v) is 13.8. The van der Waals surface area contributed by atoms with E-state index in [2.05, 4.69) is 150 Å². The minimum absolute atomic E-state index is 0.0124. The highest BCUT2D eigenvalue weighted by molar-refractivity contribution is 6.11. The van der Waals surface area contributed by atoms with E-state index in [0.29, 0.717) is 0 Å². The van der Waals surface area contributed by atoms with Gasteiger partial charge in [0, 0.05) is 65.9 Å². The Balaban J connectivity index is 1.11. The molecule has 0 saturated heterocycles.